The normalized spacial score (nSPS) is 11.9. The smallest absolute Gasteiger partial charge is 0.422 e. The van der Waals surface area contributed by atoms with Crippen molar-refractivity contribution in [2.24, 2.45) is 0 Å². The highest BCUT2D eigenvalue weighted by Crippen LogP contribution is 2.26. The summed E-state index contributed by atoms with van der Waals surface area (Å²) in [4.78, 5) is 1.86. The largest absolute Gasteiger partial charge is 0.484 e. The van der Waals surface area contributed by atoms with Crippen molar-refractivity contribution >= 4 is 15.9 Å². The molecule has 0 bridgehead atoms. The first-order valence-electron chi connectivity index (χ1n) is 4.90. The van der Waals surface area contributed by atoms with Gasteiger partial charge in [0.25, 0.3) is 0 Å². The number of benzene rings is 1. The van der Waals surface area contributed by atoms with E-state index in [0.717, 1.165) is 4.47 Å². The van der Waals surface area contributed by atoms with Crippen LogP contribution in [0.4, 0.5) is 13.2 Å². The second-order valence-electron chi connectivity index (χ2n) is 3.89. The zero-order valence-corrected chi connectivity index (χ0v) is 11.1. The fourth-order valence-electron chi connectivity index (χ4n) is 1.31. The molecule has 0 unspecified atom stereocenters. The van der Waals surface area contributed by atoms with Gasteiger partial charge >= 0.3 is 6.18 Å². The van der Waals surface area contributed by atoms with E-state index < -0.39 is 12.8 Å². The Balaban J connectivity index is 2.82. The fraction of sp³-hybridized carbons (Fsp3) is 0.455. The Kier molecular flexibility index (Phi) is 4.82. The summed E-state index contributed by atoms with van der Waals surface area (Å²) in [5.74, 6) is 0.263. The molecule has 0 radical (unpaired) electrons. The summed E-state index contributed by atoms with van der Waals surface area (Å²) in [6, 6.07) is 4.95. The van der Waals surface area contributed by atoms with Crippen LogP contribution in [0, 0.1) is 0 Å². The molecule has 0 aliphatic carbocycles. The van der Waals surface area contributed by atoms with Crippen molar-refractivity contribution in [1.29, 1.82) is 0 Å². The zero-order valence-electron chi connectivity index (χ0n) is 9.51. The zero-order chi connectivity index (χ0) is 13.1. The average Bonchev–Trinajstić information content (AvgIpc) is 2.14. The first-order valence-corrected chi connectivity index (χ1v) is 5.70. The molecule has 0 N–H and O–H groups in total. The molecule has 17 heavy (non-hydrogen) atoms. The van der Waals surface area contributed by atoms with Gasteiger partial charge < -0.3 is 9.64 Å². The molecular formula is C11H13BrF3NO. The van der Waals surface area contributed by atoms with Crippen LogP contribution >= 0.6 is 15.9 Å². The first-order chi connectivity index (χ1) is 7.78. The third kappa shape index (κ3) is 5.41. The van der Waals surface area contributed by atoms with Crippen molar-refractivity contribution in [3.05, 3.63) is 28.2 Å². The maximum Gasteiger partial charge on any atom is 0.422 e. The quantitative estimate of drug-likeness (QED) is 0.844. The molecule has 0 heterocycles. The van der Waals surface area contributed by atoms with E-state index in [1.807, 2.05) is 19.0 Å². The van der Waals surface area contributed by atoms with E-state index in [1.165, 1.54) is 6.07 Å². The summed E-state index contributed by atoms with van der Waals surface area (Å²) in [6.45, 7) is -0.748. The Hall–Kier alpha value is -0.750. The second-order valence-corrected chi connectivity index (χ2v) is 4.81. The van der Waals surface area contributed by atoms with Gasteiger partial charge in [0, 0.05) is 16.6 Å². The van der Waals surface area contributed by atoms with Crippen LogP contribution in [0.15, 0.2) is 22.7 Å². The van der Waals surface area contributed by atoms with E-state index in [0.29, 0.717) is 12.1 Å². The summed E-state index contributed by atoms with van der Waals surface area (Å²) < 4.78 is 41.8. The minimum absolute atomic E-state index is 0.263. The van der Waals surface area contributed by atoms with Crippen LogP contribution < -0.4 is 4.74 Å². The predicted octanol–water partition coefficient (Wildman–Crippen LogP) is 3.45. The average molecular weight is 312 g/mol. The maximum absolute atomic E-state index is 12.1. The van der Waals surface area contributed by atoms with Crippen LogP contribution in [0.1, 0.15) is 5.56 Å². The van der Waals surface area contributed by atoms with Crippen molar-refractivity contribution in [2.75, 3.05) is 20.7 Å². The molecular weight excluding hydrogens is 299 g/mol. The lowest BCUT2D eigenvalue weighted by molar-refractivity contribution is -0.153. The molecule has 0 atom stereocenters. The maximum atomic E-state index is 12.1. The predicted molar refractivity (Wildman–Crippen MR) is 63.1 cm³/mol. The first kappa shape index (κ1) is 14.3. The van der Waals surface area contributed by atoms with Gasteiger partial charge in [-0.3, -0.25) is 0 Å². The minimum Gasteiger partial charge on any atom is -0.484 e. The lowest BCUT2D eigenvalue weighted by atomic mass is 10.2. The van der Waals surface area contributed by atoms with Gasteiger partial charge in [0.05, 0.1) is 0 Å². The highest BCUT2D eigenvalue weighted by Gasteiger charge is 2.28. The van der Waals surface area contributed by atoms with E-state index >= 15 is 0 Å². The van der Waals surface area contributed by atoms with Crippen LogP contribution in [0.2, 0.25) is 0 Å². The highest BCUT2D eigenvalue weighted by atomic mass is 79.9. The van der Waals surface area contributed by atoms with E-state index in [2.05, 4.69) is 15.9 Å². The van der Waals surface area contributed by atoms with Crippen molar-refractivity contribution in [1.82, 2.24) is 4.90 Å². The topological polar surface area (TPSA) is 12.5 Å². The monoisotopic (exact) mass is 311 g/mol. The van der Waals surface area contributed by atoms with Gasteiger partial charge in [-0.15, -0.1) is 0 Å². The van der Waals surface area contributed by atoms with Gasteiger partial charge in [-0.2, -0.15) is 13.2 Å². The van der Waals surface area contributed by atoms with Crippen molar-refractivity contribution in [3.63, 3.8) is 0 Å². The number of nitrogens with zero attached hydrogens (tertiary/aromatic N) is 1. The fourth-order valence-corrected chi connectivity index (χ4v) is 1.72. The summed E-state index contributed by atoms with van der Waals surface area (Å²) in [5, 5.41) is 0. The molecule has 2 nitrogen and oxygen atoms in total. The van der Waals surface area contributed by atoms with Crippen LogP contribution in [0.5, 0.6) is 5.75 Å². The van der Waals surface area contributed by atoms with Crippen LogP contribution in [-0.4, -0.2) is 31.8 Å². The number of rotatable bonds is 4. The molecule has 0 saturated heterocycles. The number of hydrogen-bond donors (Lipinski definition) is 0. The van der Waals surface area contributed by atoms with Gasteiger partial charge in [0.15, 0.2) is 6.61 Å². The molecule has 0 aliphatic rings. The number of halogens is 4. The number of alkyl halides is 3. The Morgan fingerprint density at radius 2 is 1.94 bits per heavy atom. The molecule has 0 saturated carbocycles. The van der Waals surface area contributed by atoms with Crippen LogP contribution in [-0.2, 0) is 6.54 Å². The Morgan fingerprint density at radius 3 is 2.47 bits per heavy atom. The summed E-state index contributed by atoms with van der Waals surface area (Å²) >= 11 is 3.28. The number of ether oxygens (including phenoxy) is 1. The molecule has 0 aromatic heterocycles. The molecule has 0 aliphatic heterocycles. The molecule has 0 fully saturated rings. The molecule has 1 aromatic carbocycles. The SMILES string of the molecule is CN(C)Cc1cc(Br)ccc1OCC(F)(F)F. The van der Waals surface area contributed by atoms with Crippen molar-refractivity contribution in [3.8, 4) is 5.75 Å². The van der Waals surface area contributed by atoms with E-state index in [9.17, 15) is 13.2 Å². The van der Waals surface area contributed by atoms with Gasteiger partial charge in [-0.05, 0) is 32.3 Å². The second kappa shape index (κ2) is 5.73. The third-order valence-corrected chi connectivity index (χ3v) is 2.39. The van der Waals surface area contributed by atoms with Crippen LogP contribution in [0.25, 0.3) is 0 Å². The Labute approximate surface area is 106 Å². The minimum atomic E-state index is -4.32. The van der Waals surface area contributed by atoms with Gasteiger partial charge in [0.1, 0.15) is 5.75 Å². The van der Waals surface area contributed by atoms with Crippen molar-refractivity contribution in [2.45, 2.75) is 12.7 Å². The van der Waals surface area contributed by atoms with Gasteiger partial charge in [-0.25, -0.2) is 0 Å². The number of hydrogen-bond acceptors (Lipinski definition) is 2. The van der Waals surface area contributed by atoms with E-state index in [4.69, 9.17) is 4.74 Å². The highest BCUT2D eigenvalue weighted by molar-refractivity contribution is 9.10. The molecule has 0 spiro atoms. The molecule has 0 amide bonds. The molecule has 1 aromatic rings. The van der Waals surface area contributed by atoms with Gasteiger partial charge in [-0.1, -0.05) is 15.9 Å². The lowest BCUT2D eigenvalue weighted by Crippen LogP contribution is -2.20. The van der Waals surface area contributed by atoms with E-state index in [-0.39, 0.29) is 5.75 Å². The third-order valence-electron chi connectivity index (χ3n) is 1.90. The summed E-state index contributed by atoms with van der Waals surface area (Å²) in [5.41, 5.74) is 0.716. The Morgan fingerprint density at radius 1 is 1.29 bits per heavy atom. The lowest BCUT2D eigenvalue weighted by Gasteiger charge is -2.16. The Bertz CT molecular complexity index is 379. The van der Waals surface area contributed by atoms with E-state index in [1.54, 1.807) is 12.1 Å². The van der Waals surface area contributed by atoms with Crippen molar-refractivity contribution < 1.29 is 17.9 Å². The summed E-state index contributed by atoms with van der Waals surface area (Å²) in [7, 11) is 3.68. The summed E-state index contributed by atoms with van der Waals surface area (Å²) in [6.07, 6.45) is -4.32. The van der Waals surface area contributed by atoms with Crippen LogP contribution in [0.3, 0.4) is 0 Å². The van der Waals surface area contributed by atoms with Gasteiger partial charge in [0.2, 0.25) is 0 Å². The molecule has 6 heteroatoms. The molecule has 96 valence electrons. The standard InChI is InChI=1S/C11H13BrF3NO/c1-16(2)6-8-5-9(12)3-4-10(8)17-7-11(13,14)15/h3-5H,6-7H2,1-2H3. The molecule has 1 rings (SSSR count).